The normalized spacial score (nSPS) is 14.5. The quantitative estimate of drug-likeness (QED) is 0.918. The molecular formula is C19H24N4O. The zero-order valence-electron chi connectivity index (χ0n) is 14.1. The average Bonchev–Trinajstić information content (AvgIpc) is 2.63. The number of nitrogens with zero attached hydrogens (tertiary/aromatic N) is 3. The van der Waals surface area contributed by atoms with E-state index < -0.39 is 0 Å². The zero-order chi connectivity index (χ0) is 16.8. The SMILES string of the molecule is CCCC(=O)Nc1ccc(N2CCN(c3ccccn3)CC2)cc1. The molecule has 5 heteroatoms. The van der Waals surface area contributed by atoms with E-state index in [4.69, 9.17) is 0 Å². The first-order valence-corrected chi connectivity index (χ1v) is 8.57. The van der Waals surface area contributed by atoms with Crippen LogP contribution in [-0.4, -0.2) is 37.1 Å². The Labute approximate surface area is 143 Å². The Balaban J connectivity index is 1.55. The van der Waals surface area contributed by atoms with Gasteiger partial charge in [-0.2, -0.15) is 0 Å². The van der Waals surface area contributed by atoms with Crippen molar-refractivity contribution in [3.8, 4) is 0 Å². The van der Waals surface area contributed by atoms with E-state index in [1.165, 1.54) is 5.69 Å². The lowest BCUT2D eigenvalue weighted by Crippen LogP contribution is -2.46. The van der Waals surface area contributed by atoms with Gasteiger partial charge in [-0.3, -0.25) is 4.79 Å². The van der Waals surface area contributed by atoms with Gasteiger partial charge in [-0.25, -0.2) is 4.98 Å². The van der Waals surface area contributed by atoms with Gasteiger partial charge in [0.05, 0.1) is 0 Å². The van der Waals surface area contributed by atoms with Crippen molar-refractivity contribution in [2.75, 3.05) is 41.3 Å². The summed E-state index contributed by atoms with van der Waals surface area (Å²) in [7, 11) is 0. The van der Waals surface area contributed by atoms with Crippen LogP contribution in [0.4, 0.5) is 17.2 Å². The average molecular weight is 324 g/mol. The Morgan fingerprint density at radius 3 is 2.38 bits per heavy atom. The standard InChI is InChI=1S/C19H24N4O/c1-2-5-19(24)21-16-7-9-17(10-8-16)22-12-14-23(15-13-22)18-6-3-4-11-20-18/h3-4,6-11H,2,5,12-15H2,1H3,(H,21,24). The number of carbonyl (C=O) groups is 1. The second-order valence-electron chi connectivity index (χ2n) is 6.01. The molecule has 3 rings (SSSR count). The lowest BCUT2D eigenvalue weighted by atomic mass is 10.2. The number of aromatic nitrogens is 1. The molecule has 0 saturated carbocycles. The van der Waals surface area contributed by atoms with Crippen LogP contribution < -0.4 is 15.1 Å². The van der Waals surface area contributed by atoms with Gasteiger partial charge in [0, 0.05) is 50.2 Å². The minimum atomic E-state index is 0.0780. The van der Waals surface area contributed by atoms with Crippen molar-refractivity contribution >= 4 is 23.1 Å². The van der Waals surface area contributed by atoms with Crippen molar-refractivity contribution < 1.29 is 4.79 Å². The topological polar surface area (TPSA) is 48.5 Å². The van der Waals surface area contributed by atoms with Crippen LogP contribution in [0.5, 0.6) is 0 Å². The van der Waals surface area contributed by atoms with Crippen LogP contribution in [0.25, 0.3) is 0 Å². The van der Waals surface area contributed by atoms with Gasteiger partial charge in [0.1, 0.15) is 5.82 Å². The third-order valence-electron chi connectivity index (χ3n) is 4.25. The summed E-state index contributed by atoms with van der Waals surface area (Å²) in [6.45, 7) is 5.88. The number of carbonyl (C=O) groups excluding carboxylic acids is 1. The minimum absolute atomic E-state index is 0.0780. The van der Waals surface area contributed by atoms with E-state index in [9.17, 15) is 4.79 Å². The van der Waals surface area contributed by atoms with E-state index in [0.717, 1.165) is 44.1 Å². The molecule has 126 valence electrons. The molecule has 1 saturated heterocycles. The first-order valence-electron chi connectivity index (χ1n) is 8.57. The van der Waals surface area contributed by atoms with Crippen LogP contribution in [0.15, 0.2) is 48.7 Å². The molecule has 0 radical (unpaired) electrons. The molecule has 0 spiro atoms. The van der Waals surface area contributed by atoms with E-state index in [1.54, 1.807) is 0 Å². The highest BCUT2D eigenvalue weighted by Gasteiger charge is 2.18. The highest BCUT2D eigenvalue weighted by Crippen LogP contribution is 2.21. The molecule has 1 fully saturated rings. The van der Waals surface area contributed by atoms with E-state index in [2.05, 4.69) is 38.3 Å². The molecule has 1 aromatic heterocycles. The number of hydrogen-bond acceptors (Lipinski definition) is 4. The number of nitrogens with one attached hydrogen (secondary N) is 1. The summed E-state index contributed by atoms with van der Waals surface area (Å²) < 4.78 is 0. The largest absolute Gasteiger partial charge is 0.368 e. The summed E-state index contributed by atoms with van der Waals surface area (Å²) in [5.41, 5.74) is 2.06. The molecule has 1 amide bonds. The van der Waals surface area contributed by atoms with Crippen molar-refractivity contribution in [1.29, 1.82) is 0 Å². The molecule has 24 heavy (non-hydrogen) atoms. The van der Waals surface area contributed by atoms with Crippen molar-refractivity contribution in [1.82, 2.24) is 4.98 Å². The van der Waals surface area contributed by atoms with E-state index in [-0.39, 0.29) is 5.91 Å². The number of rotatable bonds is 5. The Bertz CT molecular complexity index is 649. The summed E-state index contributed by atoms with van der Waals surface area (Å²) in [6.07, 6.45) is 3.27. The predicted octanol–water partition coefficient (Wildman–Crippen LogP) is 3.15. The molecule has 0 atom stereocenters. The molecule has 0 bridgehead atoms. The number of piperazine rings is 1. The molecule has 1 aliphatic heterocycles. The Morgan fingerprint density at radius 2 is 1.75 bits per heavy atom. The highest BCUT2D eigenvalue weighted by molar-refractivity contribution is 5.90. The number of benzene rings is 1. The van der Waals surface area contributed by atoms with Gasteiger partial charge in [0.25, 0.3) is 0 Å². The van der Waals surface area contributed by atoms with Gasteiger partial charge in [-0.15, -0.1) is 0 Å². The Morgan fingerprint density at radius 1 is 1.04 bits per heavy atom. The lowest BCUT2D eigenvalue weighted by Gasteiger charge is -2.36. The predicted molar refractivity (Wildman–Crippen MR) is 98.6 cm³/mol. The number of amides is 1. The maximum Gasteiger partial charge on any atom is 0.224 e. The third-order valence-corrected chi connectivity index (χ3v) is 4.25. The van der Waals surface area contributed by atoms with Crippen LogP contribution in [0.1, 0.15) is 19.8 Å². The van der Waals surface area contributed by atoms with Crippen LogP contribution in [0, 0.1) is 0 Å². The van der Waals surface area contributed by atoms with Gasteiger partial charge in [-0.1, -0.05) is 13.0 Å². The van der Waals surface area contributed by atoms with Crippen LogP contribution in [0.2, 0.25) is 0 Å². The molecule has 2 heterocycles. The fourth-order valence-corrected chi connectivity index (χ4v) is 2.94. The van der Waals surface area contributed by atoms with Crippen molar-refractivity contribution in [2.45, 2.75) is 19.8 Å². The van der Waals surface area contributed by atoms with E-state index >= 15 is 0 Å². The molecule has 1 aliphatic rings. The van der Waals surface area contributed by atoms with Gasteiger partial charge >= 0.3 is 0 Å². The van der Waals surface area contributed by atoms with Crippen LogP contribution in [0.3, 0.4) is 0 Å². The summed E-state index contributed by atoms with van der Waals surface area (Å²) >= 11 is 0. The molecule has 5 nitrogen and oxygen atoms in total. The summed E-state index contributed by atoms with van der Waals surface area (Å²) in [5.74, 6) is 1.13. The zero-order valence-corrected chi connectivity index (χ0v) is 14.1. The Kier molecular flexibility index (Phi) is 5.31. The fourth-order valence-electron chi connectivity index (χ4n) is 2.94. The smallest absolute Gasteiger partial charge is 0.224 e. The number of pyridine rings is 1. The highest BCUT2D eigenvalue weighted by atomic mass is 16.1. The minimum Gasteiger partial charge on any atom is -0.368 e. The second kappa shape index (κ2) is 7.81. The van der Waals surface area contributed by atoms with Crippen molar-refractivity contribution in [2.24, 2.45) is 0 Å². The second-order valence-corrected chi connectivity index (χ2v) is 6.01. The van der Waals surface area contributed by atoms with Gasteiger partial charge in [0.15, 0.2) is 0 Å². The first-order chi connectivity index (χ1) is 11.8. The maximum absolute atomic E-state index is 11.6. The van der Waals surface area contributed by atoms with E-state index in [1.807, 2.05) is 37.4 Å². The van der Waals surface area contributed by atoms with E-state index in [0.29, 0.717) is 6.42 Å². The van der Waals surface area contributed by atoms with Crippen molar-refractivity contribution in [3.05, 3.63) is 48.7 Å². The fraction of sp³-hybridized carbons (Fsp3) is 0.368. The van der Waals surface area contributed by atoms with Gasteiger partial charge in [0.2, 0.25) is 5.91 Å². The lowest BCUT2D eigenvalue weighted by molar-refractivity contribution is -0.116. The molecule has 1 aromatic carbocycles. The molecule has 2 aromatic rings. The number of anilines is 3. The van der Waals surface area contributed by atoms with Crippen LogP contribution in [-0.2, 0) is 4.79 Å². The third kappa shape index (κ3) is 4.04. The summed E-state index contributed by atoms with van der Waals surface area (Å²) in [5, 5.41) is 2.93. The number of hydrogen-bond donors (Lipinski definition) is 1. The van der Waals surface area contributed by atoms with Gasteiger partial charge < -0.3 is 15.1 Å². The summed E-state index contributed by atoms with van der Waals surface area (Å²) in [4.78, 5) is 20.7. The van der Waals surface area contributed by atoms with Crippen molar-refractivity contribution in [3.63, 3.8) is 0 Å². The monoisotopic (exact) mass is 324 g/mol. The van der Waals surface area contributed by atoms with Gasteiger partial charge in [-0.05, 0) is 42.8 Å². The van der Waals surface area contributed by atoms with Crippen LogP contribution >= 0.6 is 0 Å². The maximum atomic E-state index is 11.6. The molecule has 0 unspecified atom stereocenters. The summed E-state index contributed by atoms with van der Waals surface area (Å²) in [6, 6.07) is 14.2. The molecule has 0 aliphatic carbocycles. The first kappa shape index (κ1) is 16.3. The molecular weight excluding hydrogens is 300 g/mol. The Hall–Kier alpha value is -2.56. The molecule has 1 N–H and O–H groups in total.